The monoisotopic (exact) mass is 393 g/mol. The summed E-state index contributed by atoms with van der Waals surface area (Å²) in [6.45, 7) is 2.72. The maximum absolute atomic E-state index is 13.0. The van der Waals surface area contributed by atoms with E-state index in [2.05, 4.69) is 5.32 Å². The number of carbonyl (C=O) groups excluding carboxylic acids is 2. The van der Waals surface area contributed by atoms with Gasteiger partial charge in [0.2, 0.25) is 5.91 Å². The minimum atomic E-state index is -0.0339. The highest BCUT2D eigenvalue weighted by Crippen LogP contribution is 2.26. The zero-order valence-electron chi connectivity index (χ0n) is 16.2. The van der Waals surface area contributed by atoms with E-state index in [1.54, 1.807) is 6.07 Å². The molecule has 27 heavy (non-hydrogen) atoms. The largest absolute Gasteiger partial charge is 0.334 e. The number of halogens is 1. The standard InChI is InChI=1S/C21H31N3O2.ClH/c1-15(22)19-12-5-6-13-24(19)21(26)17-10-7-11-18(14-17)23-20(25)16-8-3-2-4-9-16;/h7,10-11,14-16,19H,2-6,8-9,12-13,22H2,1H3,(H,23,25);1H. The highest BCUT2D eigenvalue weighted by molar-refractivity contribution is 5.98. The van der Waals surface area contributed by atoms with Crippen LogP contribution in [0.15, 0.2) is 24.3 Å². The molecule has 150 valence electrons. The SMILES string of the molecule is CC(N)C1CCCCN1C(=O)c1cccc(NC(=O)C2CCCCC2)c1.Cl. The Labute approximate surface area is 168 Å². The number of nitrogens with zero attached hydrogens (tertiary/aromatic N) is 1. The molecule has 3 N–H and O–H groups in total. The van der Waals surface area contributed by atoms with Gasteiger partial charge in [-0.2, -0.15) is 0 Å². The molecule has 1 aliphatic carbocycles. The fourth-order valence-electron chi connectivity index (χ4n) is 4.26. The quantitative estimate of drug-likeness (QED) is 0.812. The first-order valence-electron chi connectivity index (χ1n) is 10.0. The van der Waals surface area contributed by atoms with Crippen LogP contribution in [0.2, 0.25) is 0 Å². The lowest BCUT2D eigenvalue weighted by molar-refractivity contribution is -0.120. The zero-order valence-corrected chi connectivity index (χ0v) is 17.0. The van der Waals surface area contributed by atoms with Gasteiger partial charge in [-0.1, -0.05) is 25.3 Å². The molecule has 0 aromatic heterocycles. The molecule has 2 atom stereocenters. The van der Waals surface area contributed by atoms with E-state index in [4.69, 9.17) is 5.73 Å². The number of nitrogens with two attached hydrogens (primary N) is 1. The van der Waals surface area contributed by atoms with Gasteiger partial charge in [-0.3, -0.25) is 9.59 Å². The average molecular weight is 394 g/mol. The van der Waals surface area contributed by atoms with Crippen molar-refractivity contribution in [2.75, 3.05) is 11.9 Å². The number of likely N-dealkylation sites (tertiary alicyclic amines) is 1. The number of piperidine rings is 1. The second kappa shape index (κ2) is 10.1. The van der Waals surface area contributed by atoms with Crippen molar-refractivity contribution < 1.29 is 9.59 Å². The predicted octanol–water partition coefficient (Wildman–Crippen LogP) is 3.97. The smallest absolute Gasteiger partial charge is 0.254 e. The number of anilines is 1. The number of amides is 2. The van der Waals surface area contributed by atoms with Gasteiger partial charge in [0.25, 0.3) is 5.91 Å². The number of rotatable bonds is 4. The Balaban J connectivity index is 0.00000261. The Kier molecular flexibility index (Phi) is 8.11. The normalized spacial score (nSPS) is 21.9. The van der Waals surface area contributed by atoms with Gasteiger partial charge < -0.3 is 16.0 Å². The Bertz CT molecular complexity index is 644. The van der Waals surface area contributed by atoms with Gasteiger partial charge in [0.05, 0.1) is 0 Å². The summed E-state index contributed by atoms with van der Waals surface area (Å²) in [6, 6.07) is 7.39. The second-order valence-corrected chi connectivity index (χ2v) is 7.83. The van der Waals surface area contributed by atoms with E-state index in [-0.39, 0.29) is 42.2 Å². The van der Waals surface area contributed by atoms with Crippen LogP contribution in [0.4, 0.5) is 5.69 Å². The van der Waals surface area contributed by atoms with E-state index < -0.39 is 0 Å². The highest BCUT2D eigenvalue weighted by Gasteiger charge is 2.30. The van der Waals surface area contributed by atoms with E-state index in [0.717, 1.165) is 51.5 Å². The molecule has 2 unspecified atom stereocenters. The average Bonchev–Trinajstić information content (AvgIpc) is 2.68. The molecule has 3 rings (SSSR count). The first-order chi connectivity index (χ1) is 12.6. The van der Waals surface area contributed by atoms with Gasteiger partial charge in [0.15, 0.2) is 0 Å². The van der Waals surface area contributed by atoms with Crippen LogP contribution in [0, 0.1) is 5.92 Å². The molecule has 1 heterocycles. The van der Waals surface area contributed by atoms with Crippen molar-refractivity contribution in [1.82, 2.24) is 4.90 Å². The maximum atomic E-state index is 13.0. The second-order valence-electron chi connectivity index (χ2n) is 7.83. The number of nitrogens with one attached hydrogen (secondary N) is 1. The van der Waals surface area contributed by atoms with Crippen LogP contribution >= 0.6 is 12.4 Å². The number of hydrogen-bond donors (Lipinski definition) is 2. The van der Waals surface area contributed by atoms with Gasteiger partial charge >= 0.3 is 0 Å². The summed E-state index contributed by atoms with van der Waals surface area (Å²) < 4.78 is 0. The van der Waals surface area contributed by atoms with Crippen molar-refractivity contribution in [3.05, 3.63) is 29.8 Å². The molecule has 5 nitrogen and oxygen atoms in total. The summed E-state index contributed by atoms with van der Waals surface area (Å²) in [5.41, 5.74) is 7.43. The minimum Gasteiger partial charge on any atom is -0.334 e. The van der Waals surface area contributed by atoms with Gasteiger partial charge in [0.1, 0.15) is 0 Å². The van der Waals surface area contributed by atoms with Gasteiger partial charge in [-0.05, 0) is 57.2 Å². The Hall–Kier alpha value is -1.59. The van der Waals surface area contributed by atoms with Gasteiger partial charge in [-0.15, -0.1) is 12.4 Å². The summed E-state index contributed by atoms with van der Waals surface area (Å²) in [7, 11) is 0. The predicted molar refractivity (Wildman–Crippen MR) is 111 cm³/mol. The summed E-state index contributed by atoms with van der Waals surface area (Å²) in [5.74, 6) is 0.203. The maximum Gasteiger partial charge on any atom is 0.254 e. The lowest BCUT2D eigenvalue weighted by Crippen LogP contribution is -2.51. The Morgan fingerprint density at radius 3 is 2.52 bits per heavy atom. The third-order valence-corrected chi connectivity index (χ3v) is 5.77. The molecule has 0 radical (unpaired) electrons. The third kappa shape index (κ3) is 5.45. The Morgan fingerprint density at radius 2 is 1.81 bits per heavy atom. The summed E-state index contributed by atoms with van der Waals surface area (Å²) in [6.07, 6.45) is 8.52. The van der Waals surface area contributed by atoms with Crippen molar-refractivity contribution in [2.45, 2.75) is 70.4 Å². The molecule has 1 saturated carbocycles. The molecule has 0 bridgehead atoms. The van der Waals surface area contributed by atoms with Crippen molar-refractivity contribution in [2.24, 2.45) is 11.7 Å². The number of hydrogen-bond acceptors (Lipinski definition) is 3. The van der Waals surface area contributed by atoms with Crippen LogP contribution in [-0.4, -0.2) is 35.3 Å². The van der Waals surface area contributed by atoms with Crippen LogP contribution in [0.1, 0.15) is 68.6 Å². The summed E-state index contributed by atoms with van der Waals surface area (Å²) in [5, 5.41) is 3.01. The van der Waals surface area contributed by atoms with E-state index >= 15 is 0 Å². The molecular formula is C21H32ClN3O2. The lowest BCUT2D eigenvalue weighted by atomic mass is 9.88. The van der Waals surface area contributed by atoms with Crippen LogP contribution in [0.5, 0.6) is 0 Å². The first kappa shape index (κ1) is 21.7. The van der Waals surface area contributed by atoms with Crippen molar-refractivity contribution in [1.29, 1.82) is 0 Å². The fraction of sp³-hybridized carbons (Fsp3) is 0.619. The molecule has 1 aromatic carbocycles. The van der Waals surface area contributed by atoms with E-state index in [1.165, 1.54) is 6.42 Å². The van der Waals surface area contributed by atoms with Crippen LogP contribution in [-0.2, 0) is 4.79 Å². The van der Waals surface area contributed by atoms with Crippen LogP contribution < -0.4 is 11.1 Å². The summed E-state index contributed by atoms with van der Waals surface area (Å²) in [4.78, 5) is 27.4. The number of benzene rings is 1. The zero-order chi connectivity index (χ0) is 18.5. The molecule has 1 aliphatic heterocycles. The lowest BCUT2D eigenvalue weighted by Gasteiger charge is -2.38. The van der Waals surface area contributed by atoms with Crippen molar-refractivity contribution in [3.8, 4) is 0 Å². The van der Waals surface area contributed by atoms with Crippen LogP contribution in [0.25, 0.3) is 0 Å². The third-order valence-electron chi connectivity index (χ3n) is 5.77. The number of carbonyl (C=O) groups is 2. The van der Waals surface area contributed by atoms with Gasteiger partial charge in [0, 0.05) is 35.8 Å². The summed E-state index contributed by atoms with van der Waals surface area (Å²) >= 11 is 0. The van der Waals surface area contributed by atoms with E-state index in [9.17, 15) is 9.59 Å². The van der Waals surface area contributed by atoms with Crippen LogP contribution in [0.3, 0.4) is 0 Å². The topological polar surface area (TPSA) is 75.4 Å². The molecule has 1 saturated heterocycles. The first-order valence-corrected chi connectivity index (χ1v) is 10.0. The fourth-order valence-corrected chi connectivity index (χ4v) is 4.26. The van der Waals surface area contributed by atoms with Crippen molar-refractivity contribution >= 4 is 29.9 Å². The molecule has 2 aliphatic rings. The minimum absolute atomic E-state index is 0. The highest BCUT2D eigenvalue weighted by atomic mass is 35.5. The van der Waals surface area contributed by atoms with Crippen molar-refractivity contribution in [3.63, 3.8) is 0 Å². The molecule has 6 heteroatoms. The van der Waals surface area contributed by atoms with E-state index in [0.29, 0.717) is 11.3 Å². The molecule has 2 fully saturated rings. The molecule has 2 amide bonds. The van der Waals surface area contributed by atoms with E-state index in [1.807, 2.05) is 30.0 Å². The molecule has 1 aromatic rings. The Morgan fingerprint density at radius 1 is 1.11 bits per heavy atom. The molecule has 0 spiro atoms. The van der Waals surface area contributed by atoms with Gasteiger partial charge in [-0.25, -0.2) is 0 Å². The molecular weight excluding hydrogens is 362 g/mol.